The van der Waals surface area contributed by atoms with Gasteiger partial charge in [0.1, 0.15) is 0 Å². The third kappa shape index (κ3) is 5.47. The summed E-state index contributed by atoms with van der Waals surface area (Å²) in [5, 5.41) is 2.86. The van der Waals surface area contributed by atoms with E-state index in [0.717, 1.165) is 19.3 Å². The first kappa shape index (κ1) is 12.2. The fourth-order valence-electron chi connectivity index (χ4n) is 1.00. The summed E-state index contributed by atoms with van der Waals surface area (Å²) < 4.78 is 0. The van der Waals surface area contributed by atoms with Gasteiger partial charge in [-0.15, -0.1) is 0 Å². The van der Waals surface area contributed by atoms with Crippen LogP contribution in [-0.4, -0.2) is 37.6 Å². The number of nitrogens with zero attached hydrogens (tertiary/aromatic N) is 1. The number of carbonyl (C=O) groups is 1. The quantitative estimate of drug-likeness (QED) is 0.668. The molecular formula is C9H21N3O. The molecule has 0 radical (unpaired) electrons. The van der Waals surface area contributed by atoms with Crippen LogP contribution in [0.1, 0.15) is 26.2 Å². The van der Waals surface area contributed by atoms with Gasteiger partial charge in [-0.1, -0.05) is 19.8 Å². The van der Waals surface area contributed by atoms with Crippen molar-refractivity contribution < 1.29 is 4.79 Å². The highest BCUT2D eigenvalue weighted by Crippen LogP contribution is 1.99. The number of hydrogen-bond acceptors (Lipinski definition) is 2. The van der Waals surface area contributed by atoms with Crippen LogP contribution in [0.3, 0.4) is 0 Å². The summed E-state index contributed by atoms with van der Waals surface area (Å²) in [4.78, 5) is 12.8. The van der Waals surface area contributed by atoms with Gasteiger partial charge in [-0.3, -0.25) is 0 Å². The molecule has 4 heteroatoms. The van der Waals surface area contributed by atoms with E-state index in [1.165, 1.54) is 4.90 Å². The second-order valence-corrected chi connectivity index (χ2v) is 3.42. The fraction of sp³-hybridized carbons (Fsp3) is 0.889. The number of amides is 2. The summed E-state index contributed by atoms with van der Waals surface area (Å²) in [6, 6.07) is 0.0569. The monoisotopic (exact) mass is 187 g/mol. The number of nitrogens with two attached hydrogens (primary N) is 1. The van der Waals surface area contributed by atoms with Gasteiger partial charge in [0, 0.05) is 26.7 Å². The lowest BCUT2D eigenvalue weighted by Crippen LogP contribution is -2.44. The highest BCUT2D eigenvalue weighted by Gasteiger charge is 2.10. The third-order valence-electron chi connectivity index (χ3n) is 1.92. The minimum absolute atomic E-state index is 0.0634. The van der Waals surface area contributed by atoms with Gasteiger partial charge >= 0.3 is 6.03 Å². The van der Waals surface area contributed by atoms with E-state index in [0.29, 0.717) is 6.54 Å². The molecule has 0 aromatic carbocycles. The highest BCUT2D eigenvalue weighted by molar-refractivity contribution is 5.73. The highest BCUT2D eigenvalue weighted by atomic mass is 16.2. The number of urea groups is 1. The lowest BCUT2D eigenvalue weighted by atomic mass is 10.1. The first-order chi connectivity index (χ1) is 6.11. The molecule has 0 aliphatic carbocycles. The van der Waals surface area contributed by atoms with Gasteiger partial charge < -0.3 is 16.0 Å². The van der Waals surface area contributed by atoms with Gasteiger partial charge in [-0.05, 0) is 6.42 Å². The Hall–Kier alpha value is -0.770. The Bertz CT molecular complexity index is 148. The Balaban J connectivity index is 3.76. The van der Waals surface area contributed by atoms with Crippen LogP contribution in [0, 0.1) is 0 Å². The van der Waals surface area contributed by atoms with Crippen molar-refractivity contribution in [1.82, 2.24) is 10.2 Å². The van der Waals surface area contributed by atoms with Crippen LogP contribution in [0.15, 0.2) is 0 Å². The zero-order chi connectivity index (χ0) is 10.3. The van der Waals surface area contributed by atoms with Gasteiger partial charge in [0.15, 0.2) is 0 Å². The van der Waals surface area contributed by atoms with Crippen molar-refractivity contribution in [1.29, 1.82) is 0 Å². The van der Waals surface area contributed by atoms with Crippen molar-refractivity contribution in [2.24, 2.45) is 5.73 Å². The van der Waals surface area contributed by atoms with E-state index in [9.17, 15) is 4.79 Å². The molecule has 0 aliphatic rings. The van der Waals surface area contributed by atoms with Crippen molar-refractivity contribution in [3.63, 3.8) is 0 Å². The predicted molar refractivity (Wildman–Crippen MR) is 54.6 cm³/mol. The molecule has 13 heavy (non-hydrogen) atoms. The molecule has 0 aliphatic heterocycles. The van der Waals surface area contributed by atoms with Crippen molar-refractivity contribution in [2.45, 2.75) is 32.2 Å². The van der Waals surface area contributed by atoms with Crippen molar-refractivity contribution in [3.8, 4) is 0 Å². The molecule has 0 rings (SSSR count). The van der Waals surface area contributed by atoms with Crippen molar-refractivity contribution in [2.75, 3.05) is 20.6 Å². The Labute approximate surface area is 80.5 Å². The summed E-state index contributed by atoms with van der Waals surface area (Å²) in [6.45, 7) is 2.64. The van der Waals surface area contributed by atoms with E-state index in [1.807, 2.05) is 0 Å². The fourth-order valence-corrected chi connectivity index (χ4v) is 1.00. The summed E-state index contributed by atoms with van der Waals surface area (Å²) in [5.41, 5.74) is 5.53. The number of carbonyl (C=O) groups excluding carboxylic acids is 1. The van der Waals surface area contributed by atoms with Crippen molar-refractivity contribution >= 4 is 6.03 Å². The van der Waals surface area contributed by atoms with E-state index < -0.39 is 0 Å². The smallest absolute Gasteiger partial charge is 0.317 e. The summed E-state index contributed by atoms with van der Waals surface area (Å²) in [7, 11) is 3.45. The van der Waals surface area contributed by atoms with E-state index in [-0.39, 0.29) is 12.1 Å². The van der Waals surface area contributed by atoms with Gasteiger partial charge in [0.2, 0.25) is 0 Å². The normalized spacial score (nSPS) is 12.3. The minimum Gasteiger partial charge on any atom is -0.334 e. The van der Waals surface area contributed by atoms with E-state index in [1.54, 1.807) is 14.1 Å². The molecule has 0 fully saturated rings. The van der Waals surface area contributed by atoms with E-state index >= 15 is 0 Å². The molecular weight excluding hydrogens is 166 g/mol. The summed E-state index contributed by atoms with van der Waals surface area (Å²) in [5.74, 6) is 0. The van der Waals surface area contributed by atoms with Crippen LogP contribution in [0.4, 0.5) is 4.79 Å². The van der Waals surface area contributed by atoms with Crippen LogP contribution in [-0.2, 0) is 0 Å². The average Bonchev–Trinajstić information content (AvgIpc) is 2.11. The third-order valence-corrected chi connectivity index (χ3v) is 1.92. The van der Waals surface area contributed by atoms with E-state index in [4.69, 9.17) is 5.73 Å². The Morgan fingerprint density at radius 1 is 1.54 bits per heavy atom. The first-order valence-electron chi connectivity index (χ1n) is 4.79. The number of hydrogen-bond donors (Lipinski definition) is 2. The maximum atomic E-state index is 11.2. The largest absolute Gasteiger partial charge is 0.334 e. The molecule has 0 spiro atoms. The molecule has 0 heterocycles. The topological polar surface area (TPSA) is 58.4 Å². The number of rotatable bonds is 5. The molecule has 0 bridgehead atoms. The maximum Gasteiger partial charge on any atom is 0.317 e. The molecule has 3 N–H and O–H groups in total. The Morgan fingerprint density at radius 2 is 2.15 bits per heavy atom. The maximum absolute atomic E-state index is 11.2. The second kappa shape index (κ2) is 6.71. The molecule has 0 aromatic rings. The zero-order valence-electron chi connectivity index (χ0n) is 8.84. The number of unbranched alkanes of at least 4 members (excludes halogenated alkanes) is 1. The van der Waals surface area contributed by atoms with Crippen LogP contribution in [0.5, 0.6) is 0 Å². The van der Waals surface area contributed by atoms with Gasteiger partial charge in [-0.2, -0.15) is 0 Å². The van der Waals surface area contributed by atoms with Crippen LogP contribution < -0.4 is 11.1 Å². The van der Waals surface area contributed by atoms with Crippen molar-refractivity contribution in [3.05, 3.63) is 0 Å². The summed E-state index contributed by atoms with van der Waals surface area (Å²) >= 11 is 0. The Kier molecular flexibility index (Phi) is 6.32. The SMILES string of the molecule is CCCCC(CN)NC(=O)N(C)C. The lowest BCUT2D eigenvalue weighted by Gasteiger charge is -2.19. The molecule has 78 valence electrons. The second-order valence-electron chi connectivity index (χ2n) is 3.42. The zero-order valence-corrected chi connectivity index (χ0v) is 8.84. The van der Waals surface area contributed by atoms with E-state index in [2.05, 4.69) is 12.2 Å². The Morgan fingerprint density at radius 3 is 2.54 bits per heavy atom. The van der Waals surface area contributed by atoms with Gasteiger partial charge in [-0.25, -0.2) is 4.79 Å². The van der Waals surface area contributed by atoms with Gasteiger partial charge in [0.05, 0.1) is 0 Å². The molecule has 0 saturated heterocycles. The standard InChI is InChI=1S/C9H21N3O/c1-4-5-6-8(7-10)11-9(13)12(2)3/h8H,4-7,10H2,1-3H3,(H,11,13). The molecule has 4 nitrogen and oxygen atoms in total. The number of nitrogens with one attached hydrogen (secondary N) is 1. The molecule has 0 saturated carbocycles. The first-order valence-corrected chi connectivity index (χ1v) is 4.79. The predicted octanol–water partition coefficient (Wildman–Crippen LogP) is 0.775. The molecule has 0 aromatic heterocycles. The van der Waals surface area contributed by atoms with Crippen LogP contribution in [0.25, 0.3) is 0 Å². The molecule has 2 amide bonds. The van der Waals surface area contributed by atoms with Crippen LogP contribution >= 0.6 is 0 Å². The minimum atomic E-state index is -0.0634. The molecule has 1 unspecified atom stereocenters. The molecule has 1 atom stereocenters. The van der Waals surface area contributed by atoms with Gasteiger partial charge in [0.25, 0.3) is 0 Å². The summed E-state index contributed by atoms with van der Waals surface area (Å²) in [6.07, 6.45) is 3.20. The van der Waals surface area contributed by atoms with Crippen LogP contribution in [0.2, 0.25) is 0 Å². The average molecular weight is 187 g/mol. The lowest BCUT2D eigenvalue weighted by molar-refractivity contribution is 0.212.